The third-order valence-electron chi connectivity index (χ3n) is 2.65. The van der Waals surface area contributed by atoms with Gasteiger partial charge in [-0.3, -0.25) is 0 Å². The minimum atomic E-state index is 0.180. The van der Waals surface area contributed by atoms with Gasteiger partial charge in [-0.05, 0) is 45.4 Å². The molecule has 0 unspecified atom stereocenters. The summed E-state index contributed by atoms with van der Waals surface area (Å²) in [6.07, 6.45) is 2.11. The van der Waals surface area contributed by atoms with E-state index in [1.54, 1.807) is 0 Å². The lowest BCUT2D eigenvalue weighted by Gasteiger charge is -2.24. The summed E-state index contributed by atoms with van der Waals surface area (Å²) in [5, 5.41) is 4.16. The van der Waals surface area contributed by atoms with Crippen molar-refractivity contribution in [1.29, 1.82) is 0 Å². The Morgan fingerprint density at radius 3 is 2.50 bits per heavy atom. The van der Waals surface area contributed by atoms with Gasteiger partial charge in [0.05, 0.1) is 0 Å². The Hall–Kier alpha value is -0.530. The Labute approximate surface area is 91.5 Å². The van der Waals surface area contributed by atoms with Crippen molar-refractivity contribution < 1.29 is 0 Å². The van der Waals surface area contributed by atoms with E-state index < -0.39 is 0 Å². The Bertz CT molecular complexity index is 294. The highest BCUT2D eigenvalue weighted by Gasteiger charge is 2.14. The fourth-order valence-electron chi connectivity index (χ4n) is 1.27. The summed E-state index contributed by atoms with van der Waals surface area (Å²) in [5.41, 5.74) is 1.41. The van der Waals surface area contributed by atoms with Crippen molar-refractivity contribution in [2.45, 2.75) is 32.2 Å². The molecular formula is C12H18ClN. The Kier molecular flexibility index (Phi) is 3.97. The molecule has 1 aromatic carbocycles. The van der Waals surface area contributed by atoms with Crippen LogP contribution in [0.1, 0.15) is 25.8 Å². The van der Waals surface area contributed by atoms with E-state index in [4.69, 9.17) is 11.6 Å². The van der Waals surface area contributed by atoms with Crippen molar-refractivity contribution in [3.63, 3.8) is 0 Å². The largest absolute Gasteiger partial charge is 0.315 e. The number of rotatable bonds is 4. The van der Waals surface area contributed by atoms with Crippen molar-refractivity contribution in [2.75, 3.05) is 7.05 Å². The summed E-state index contributed by atoms with van der Waals surface area (Å²) in [6.45, 7) is 4.40. The van der Waals surface area contributed by atoms with Gasteiger partial charge in [0.2, 0.25) is 0 Å². The average Bonchev–Trinajstić information content (AvgIpc) is 2.17. The predicted molar refractivity (Wildman–Crippen MR) is 62.9 cm³/mol. The molecule has 78 valence electrons. The van der Waals surface area contributed by atoms with Crippen LogP contribution in [0.5, 0.6) is 0 Å². The Balaban J connectivity index is 2.58. The van der Waals surface area contributed by atoms with E-state index in [0.717, 1.165) is 17.9 Å². The first kappa shape index (κ1) is 11.5. The number of halogens is 1. The first-order chi connectivity index (χ1) is 6.55. The molecule has 0 bridgehead atoms. The topological polar surface area (TPSA) is 12.0 Å². The zero-order valence-corrected chi connectivity index (χ0v) is 9.86. The molecule has 0 saturated carbocycles. The summed E-state index contributed by atoms with van der Waals surface area (Å²) in [7, 11) is 1.99. The van der Waals surface area contributed by atoms with E-state index in [1.165, 1.54) is 5.56 Å². The van der Waals surface area contributed by atoms with Gasteiger partial charge in [-0.25, -0.2) is 0 Å². The molecule has 0 atom stereocenters. The van der Waals surface area contributed by atoms with E-state index in [0.29, 0.717) is 0 Å². The molecule has 0 amide bonds. The van der Waals surface area contributed by atoms with Gasteiger partial charge in [-0.1, -0.05) is 29.8 Å². The molecule has 14 heavy (non-hydrogen) atoms. The quantitative estimate of drug-likeness (QED) is 0.806. The highest BCUT2D eigenvalue weighted by Crippen LogP contribution is 2.19. The summed E-state index contributed by atoms with van der Waals surface area (Å²) < 4.78 is 0. The smallest absolute Gasteiger partial charge is 0.0437 e. The van der Waals surface area contributed by atoms with Gasteiger partial charge in [-0.2, -0.15) is 0 Å². The number of benzene rings is 1. The molecule has 0 spiro atoms. The van der Waals surface area contributed by atoms with E-state index in [9.17, 15) is 0 Å². The molecule has 0 radical (unpaired) electrons. The fraction of sp³-hybridized carbons (Fsp3) is 0.500. The van der Waals surface area contributed by atoms with E-state index in [1.807, 2.05) is 25.2 Å². The van der Waals surface area contributed by atoms with Crippen molar-refractivity contribution in [2.24, 2.45) is 0 Å². The number of hydrogen-bond acceptors (Lipinski definition) is 1. The second-order valence-corrected chi connectivity index (χ2v) is 4.63. The van der Waals surface area contributed by atoms with Gasteiger partial charge in [0.1, 0.15) is 0 Å². The van der Waals surface area contributed by atoms with Crippen LogP contribution < -0.4 is 5.32 Å². The van der Waals surface area contributed by atoms with Crippen LogP contribution in [0.15, 0.2) is 24.3 Å². The van der Waals surface area contributed by atoms with E-state index >= 15 is 0 Å². The van der Waals surface area contributed by atoms with Crippen LogP contribution in [0.25, 0.3) is 0 Å². The van der Waals surface area contributed by atoms with Crippen LogP contribution >= 0.6 is 11.6 Å². The molecule has 2 heteroatoms. The fourth-order valence-corrected chi connectivity index (χ4v) is 1.50. The molecule has 0 heterocycles. The van der Waals surface area contributed by atoms with Gasteiger partial charge in [0, 0.05) is 10.6 Å². The first-order valence-corrected chi connectivity index (χ1v) is 5.35. The maximum atomic E-state index is 6.08. The van der Waals surface area contributed by atoms with Gasteiger partial charge >= 0.3 is 0 Å². The number of aryl methyl sites for hydroxylation is 1. The van der Waals surface area contributed by atoms with Gasteiger partial charge in [0.15, 0.2) is 0 Å². The lowest BCUT2D eigenvalue weighted by Crippen LogP contribution is -2.36. The SMILES string of the molecule is CNC(C)(C)CCc1ccccc1Cl. The van der Waals surface area contributed by atoms with Crippen molar-refractivity contribution in [1.82, 2.24) is 5.32 Å². The van der Waals surface area contributed by atoms with E-state index in [-0.39, 0.29) is 5.54 Å². The Morgan fingerprint density at radius 1 is 1.29 bits per heavy atom. The van der Waals surface area contributed by atoms with Crippen LogP contribution in [0.3, 0.4) is 0 Å². The highest BCUT2D eigenvalue weighted by atomic mass is 35.5. The maximum absolute atomic E-state index is 6.08. The molecule has 0 fully saturated rings. The third kappa shape index (κ3) is 3.32. The van der Waals surface area contributed by atoms with Gasteiger partial charge in [-0.15, -0.1) is 0 Å². The van der Waals surface area contributed by atoms with Crippen molar-refractivity contribution in [3.05, 3.63) is 34.9 Å². The molecular weight excluding hydrogens is 194 g/mol. The lowest BCUT2D eigenvalue weighted by molar-refractivity contribution is 0.394. The van der Waals surface area contributed by atoms with Gasteiger partial charge < -0.3 is 5.32 Å². The summed E-state index contributed by atoms with van der Waals surface area (Å²) in [5.74, 6) is 0. The van der Waals surface area contributed by atoms with Crippen LogP contribution in [0.2, 0.25) is 5.02 Å². The number of hydrogen-bond donors (Lipinski definition) is 1. The van der Waals surface area contributed by atoms with Crippen molar-refractivity contribution in [3.8, 4) is 0 Å². The van der Waals surface area contributed by atoms with Crippen LogP contribution in [0, 0.1) is 0 Å². The molecule has 0 saturated heterocycles. The van der Waals surface area contributed by atoms with Crippen molar-refractivity contribution >= 4 is 11.6 Å². The minimum absolute atomic E-state index is 0.180. The molecule has 1 nitrogen and oxygen atoms in total. The zero-order chi connectivity index (χ0) is 10.6. The van der Waals surface area contributed by atoms with Crippen LogP contribution in [-0.2, 0) is 6.42 Å². The molecule has 1 aromatic rings. The molecule has 0 aliphatic carbocycles. The van der Waals surface area contributed by atoms with Crippen LogP contribution in [-0.4, -0.2) is 12.6 Å². The maximum Gasteiger partial charge on any atom is 0.0437 e. The van der Waals surface area contributed by atoms with Crippen LogP contribution in [0.4, 0.5) is 0 Å². The van der Waals surface area contributed by atoms with Gasteiger partial charge in [0.25, 0.3) is 0 Å². The minimum Gasteiger partial charge on any atom is -0.315 e. The molecule has 0 aromatic heterocycles. The Morgan fingerprint density at radius 2 is 1.93 bits per heavy atom. The molecule has 0 aliphatic rings. The average molecular weight is 212 g/mol. The third-order valence-corrected chi connectivity index (χ3v) is 3.02. The normalized spacial score (nSPS) is 11.7. The summed E-state index contributed by atoms with van der Waals surface area (Å²) >= 11 is 6.08. The first-order valence-electron chi connectivity index (χ1n) is 4.97. The zero-order valence-electron chi connectivity index (χ0n) is 9.10. The predicted octanol–water partition coefficient (Wildman–Crippen LogP) is 3.27. The highest BCUT2D eigenvalue weighted by molar-refractivity contribution is 6.31. The molecule has 1 rings (SSSR count). The lowest BCUT2D eigenvalue weighted by atomic mass is 9.95. The van der Waals surface area contributed by atoms with E-state index in [2.05, 4.69) is 25.2 Å². The second-order valence-electron chi connectivity index (χ2n) is 4.23. The molecule has 1 N–H and O–H groups in total. The number of nitrogens with one attached hydrogen (secondary N) is 1. The summed E-state index contributed by atoms with van der Waals surface area (Å²) in [4.78, 5) is 0. The molecule has 0 aliphatic heterocycles. The second kappa shape index (κ2) is 4.81. The standard InChI is InChI=1S/C12H18ClN/c1-12(2,14-3)9-8-10-6-4-5-7-11(10)13/h4-7,14H,8-9H2,1-3H3. The monoisotopic (exact) mass is 211 g/mol. The summed E-state index contributed by atoms with van der Waals surface area (Å²) in [6, 6.07) is 8.04.